The van der Waals surface area contributed by atoms with Gasteiger partial charge in [0, 0.05) is 51.7 Å². The van der Waals surface area contributed by atoms with E-state index in [0.717, 1.165) is 31.3 Å². The van der Waals surface area contributed by atoms with E-state index in [2.05, 4.69) is 62.8 Å². The van der Waals surface area contributed by atoms with Crippen molar-refractivity contribution in [3.05, 3.63) is 54.1 Å². The monoisotopic (exact) mass is 340 g/mol. The summed E-state index contributed by atoms with van der Waals surface area (Å²) in [6.45, 7) is 5.08. The molecule has 2 unspecified atom stereocenters. The molecular weight excluding hydrogens is 312 g/mol. The van der Waals surface area contributed by atoms with E-state index in [1.165, 1.54) is 5.56 Å². The number of benzene rings is 1. The number of aromatic nitrogens is 2. The molecule has 6 nitrogen and oxygen atoms in total. The van der Waals surface area contributed by atoms with Gasteiger partial charge in [0.15, 0.2) is 5.96 Å². The topological polar surface area (TPSA) is 57.5 Å². The van der Waals surface area contributed by atoms with Crippen LogP contribution >= 0.6 is 0 Å². The van der Waals surface area contributed by atoms with Crippen molar-refractivity contribution >= 4 is 5.96 Å². The zero-order valence-corrected chi connectivity index (χ0v) is 15.3. The summed E-state index contributed by atoms with van der Waals surface area (Å²) in [6.07, 6.45) is 4.89. The second kappa shape index (κ2) is 8.16. The Morgan fingerprint density at radius 3 is 2.84 bits per heavy atom. The van der Waals surface area contributed by atoms with E-state index in [-0.39, 0.29) is 0 Å². The van der Waals surface area contributed by atoms with Crippen LogP contribution in [0.1, 0.15) is 30.8 Å². The number of likely N-dealkylation sites (tertiary alicyclic amines) is 1. The lowest BCUT2D eigenvalue weighted by atomic mass is 10.1. The van der Waals surface area contributed by atoms with Crippen LogP contribution in [0, 0.1) is 0 Å². The van der Waals surface area contributed by atoms with Crippen LogP contribution in [0.25, 0.3) is 0 Å². The number of imidazole rings is 1. The van der Waals surface area contributed by atoms with Crippen LogP contribution in [0.4, 0.5) is 0 Å². The summed E-state index contributed by atoms with van der Waals surface area (Å²) in [4.78, 5) is 11.2. The lowest BCUT2D eigenvalue weighted by Crippen LogP contribution is -2.44. The van der Waals surface area contributed by atoms with Gasteiger partial charge in [-0.05, 0) is 18.9 Å². The number of rotatable bonds is 5. The summed E-state index contributed by atoms with van der Waals surface area (Å²) in [5.41, 5.74) is 1.38. The predicted octanol–water partition coefficient (Wildman–Crippen LogP) is 1.92. The summed E-state index contributed by atoms with van der Waals surface area (Å²) >= 11 is 0. The van der Waals surface area contributed by atoms with E-state index in [1.807, 2.05) is 31.1 Å². The fraction of sp³-hybridized carbons (Fsp3) is 0.474. The Bertz CT molecular complexity index is 693. The molecule has 1 aromatic carbocycles. The third-order valence-electron chi connectivity index (χ3n) is 4.95. The minimum Gasteiger partial charge on any atom is -0.352 e. The molecule has 0 radical (unpaired) electrons. The lowest BCUT2D eigenvalue weighted by Gasteiger charge is -2.25. The Labute approximate surface area is 150 Å². The molecular formula is C19H28N6. The molecule has 0 aliphatic carbocycles. The average molecular weight is 340 g/mol. The Kier molecular flexibility index (Phi) is 5.71. The third-order valence-corrected chi connectivity index (χ3v) is 4.95. The predicted molar refractivity (Wildman–Crippen MR) is 101 cm³/mol. The first-order valence-corrected chi connectivity index (χ1v) is 8.89. The summed E-state index contributed by atoms with van der Waals surface area (Å²) in [5, 5.41) is 6.90. The Morgan fingerprint density at radius 2 is 2.16 bits per heavy atom. The SMILES string of the molecule is CN=C(NCc1nccn1C)NC1CCN(C(C)c2ccccc2)C1. The molecule has 6 heteroatoms. The number of guanidine groups is 1. The molecule has 2 atom stereocenters. The fourth-order valence-corrected chi connectivity index (χ4v) is 3.32. The zero-order chi connectivity index (χ0) is 17.6. The van der Waals surface area contributed by atoms with E-state index < -0.39 is 0 Å². The van der Waals surface area contributed by atoms with E-state index >= 15 is 0 Å². The highest BCUT2D eigenvalue weighted by Crippen LogP contribution is 2.24. The number of nitrogens with zero attached hydrogens (tertiary/aromatic N) is 4. The summed E-state index contributed by atoms with van der Waals surface area (Å²) in [6, 6.07) is 11.6. The molecule has 3 rings (SSSR count). The quantitative estimate of drug-likeness (QED) is 0.645. The molecule has 0 bridgehead atoms. The van der Waals surface area contributed by atoms with E-state index in [0.29, 0.717) is 18.6 Å². The van der Waals surface area contributed by atoms with Crippen LogP contribution in [0.3, 0.4) is 0 Å². The van der Waals surface area contributed by atoms with Crippen LogP contribution in [0.5, 0.6) is 0 Å². The smallest absolute Gasteiger partial charge is 0.191 e. The summed E-state index contributed by atoms with van der Waals surface area (Å²) in [5.74, 6) is 1.83. The Morgan fingerprint density at radius 1 is 1.36 bits per heavy atom. The van der Waals surface area contributed by atoms with Gasteiger partial charge in [-0.15, -0.1) is 0 Å². The molecule has 1 saturated heterocycles. The lowest BCUT2D eigenvalue weighted by molar-refractivity contribution is 0.258. The molecule has 0 spiro atoms. The number of hydrogen-bond donors (Lipinski definition) is 2. The molecule has 1 aromatic heterocycles. The van der Waals surface area contributed by atoms with Gasteiger partial charge in [0.2, 0.25) is 0 Å². The molecule has 1 aliphatic rings. The normalized spacial score (nSPS) is 19.8. The van der Waals surface area contributed by atoms with E-state index in [4.69, 9.17) is 0 Å². The molecule has 0 amide bonds. The van der Waals surface area contributed by atoms with Crippen LogP contribution < -0.4 is 10.6 Å². The minimum absolute atomic E-state index is 0.415. The van der Waals surface area contributed by atoms with Crippen molar-refractivity contribution in [2.24, 2.45) is 12.0 Å². The van der Waals surface area contributed by atoms with Crippen molar-refractivity contribution in [2.45, 2.75) is 32.0 Å². The highest BCUT2D eigenvalue weighted by Gasteiger charge is 2.27. The second-order valence-corrected chi connectivity index (χ2v) is 6.59. The van der Waals surface area contributed by atoms with E-state index in [1.54, 1.807) is 0 Å². The molecule has 2 heterocycles. The molecule has 25 heavy (non-hydrogen) atoms. The van der Waals surface area contributed by atoms with Crippen molar-refractivity contribution in [1.29, 1.82) is 0 Å². The van der Waals surface area contributed by atoms with Crippen molar-refractivity contribution < 1.29 is 0 Å². The van der Waals surface area contributed by atoms with Gasteiger partial charge in [-0.1, -0.05) is 30.3 Å². The van der Waals surface area contributed by atoms with Crippen molar-refractivity contribution in [2.75, 3.05) is 20.1 Å². The van der Waals surface area contributed by atoms with Crippen LogP contribution in [-0.4, -0.2) is 46.6 Å². The maximum absolute atomic E-state index is 4.35. The highest BCUT2D eigenvalue weighted by atomic mass is 15.3. The highest BCUT2D eigenvalue weighted by molar-refractivity contribution is 5.79. The molecule has 134 valence electrons. The number of hydrogen-bond acceptors (Lipinski definition) is 3. The Balaban J connectivity index is 1.50. The van der Waals surface area contributed by atoms with Crippen molar-refractivity contribution in [3.63, 3.8) is 0 Å². The summed E-state index contributed by atoms with van der Waals surface area (Å²) in [7, 11) is 3.81. The van der Waals surface area contributed by atoms with Crippen molar-refractivity contribution in [3.8, 4) is 0 Å². The molecule has 2 aromatic rings. The standard InChI is InChI=1S/C19H28N6/c1-15(16-7-5-4-6-8-16)25-11-9-17(14-25)23-19(20-2)22-13-18-21-10-12-24(18)3/h4-8,10,12,15,17H,9,11,13-14H2,1-3H3,(H2,20,22,23). The van der Waals surface area contributed by atoms with Crippen LogP contribution in [0.2, 0.25) is 0 Å². The van der Waals surface area contributed by atoms with Gasteiger partial charge in [-0.3, -0.25) is 9.89 Å². The molecule has 0 saturated carbocycles. The van der Waals surface area contributed by atoms with Gasteiger partial charge in [-0.2, -0.15) is 0 Å². The maximum atomic E-state index is 4.35. The fourth-order valence-electron chi connectivity index (χ4n) is 3.32. The summed E-state index contributed by atoms with van der Waals surface area (Å²) < 4.78 is 2.01. The van der Waals surface area contributed by atoms with Gasteiger partial charge >= 0.3 is 0 Å². The van der Waals surface area contributed by atoms with Crippen LogP contribution in [-0.2, 0) is 13.6 Å². The van der Waals surface area contributed by atoms with Gasteiger partial charge in [-0.25, -0.2) is 4.98 Å². The van der Waals surface area contributed by atoms with Crippen molar-refractivity contribution in [1.82, 2.24) is 25.1 Å². The molecule has 1 aliphatic heterocycles. The largest absolute Gasteiger partial charge is 0.352 e. The number of nitrogens with one attached hydrogen (secondary N) is 2. The van der Waals surface area contributed by atoms with Gasteiger partial charge < -0.3 is 15.2 Å². The Hall–Kier alpha value is -2.34. The average Bonchev–Trinajstić information content (AvgIpc) is 3.27. The first-order chi connectivity index (χ1) is 12.2. The van der Waals surface area contributed by atoms with E-state index in [9.17, 15) is 0 Å². The molecule has 1 fully saturated rings. The zero-order valence-electron chi connectivity index (χ0n) is 15.3. The first kappa shape index (κ1) is 17.5. The number of aryl methyl sites for hydroxylation is 1. The molecule has 2 N–H and O–H groups in total. The van der Waals surface area contributed by atoms with Gasteiger partial charge in [0.05, 0.1) is 6.54 Å². The van der Waals surface area contributed by atoms with Crippen LogP contribution in [0.15, 0.2) is 47.7 Å². The number of aliphatic imine (C=N–C) groups is 1. The third kappa shape index (κ3) is 4.39. The van der Waals surface area contributed by atoms with Gasteiger partial charge in [0.25, 0.3) is 0 Å². The maximum Gasteiger partial charge on any atom is 0.191 e. The minimum atomic E-state index is 0.415. The van der Waals surface area contributed by atoms with Gasteiger partial charge in [0.1, 0.15) is 5.82 Å². The second-order valence-electron chi connectivity index (χ2n) is 6.59. The first-order valence-electron chi connectivity index (χ1n) is 8.89.